The molecular formula is C18H27N3O. The summed E-state index contributed by atoms with van der Waals surface area (Å²) in [6, 6.07) is 10.7. The lowest BCUT2D eigenvalue weighted by Gasteiger charge is -2.37. The molecule has 4 nitrogen and oxygen atoms in total. The molecule has 2 heterocycles. The van der Waals surface area contributed by atoms with Crippen molar-refractivity contribution in [1.82, 2.24) is 14.7 Å². The molecule has 3 rings (SSSR count). The molecule has 0 N–H and O–H groups in total. The van der Waals surface area contributed by atoms with E-state index in [9.17, 15) is 4.79 Å². The monoisotopic (exact) mass is 301 g/mol. The van der Waals surface area contributed by atoms with Crippen LogP contribution in [0.3, 0.4) is 0 Å². The molecular weight excluding hydrogens is 274 g/mol. The van der Waals surface area contributed by atoms with Crippen LogP contribution >= 0.6 is 0 Å². The summed E-state index contributed by atoms with van der Waals surface area (Å²) in [6.07, 6.45) is 2.32. The lowest BCUT2D eigenvalue weighted by Crippen LogP contribution is -2.51. The van der Waals surface area contributed by atoms with Gasteiger partial charge in [0.25, 0.3) is 0 Å². The predicted molar refractivity (Wildman–Crippen MR) is 88.9 cm³/mol. The number of carbonyl (C=O) groups is 1. The summed E-state index contributed by atoms with van der Waals surface area (Å²) in [7, 11) is 4.28. The van der Waals surface area contributed by atoms with E-state index in [0.29, 0.717) is 11.9 Å². The van der Waals surface area contributed by atoms with Crippen molar-refractivity contribution in [2.24, 2.45) is 0 Å². The number of likely N-dealkylation sites (tertiary alicyclic amines) is 1. The quantitative estimate of drug-likeness (QED) is 0.849. The van der Waals surface area contributed by atoms with Crippen LogP contribution < -0.4 is 0 Å². The molecule has 0 aliphatic carbocycles. The summed E-state index contributed by atoms with van der Waals surface area (Å²) >= 11 is 0. The minimum atomic E-state index is -0.0166. The van der Waals surface area contributed by atoms with E-state index in [2.05, 4.69) is 53.1 Å². The van der Waals surface area contributed by atoms with Gasteiger partial charge in [0.05, 0.1) is 5.92 Å². The van der Waals surface area contributed by atoms with Crippen LogP contribution in [0.15, 0.2) is 30.3 Å². The average Bonchev–Trinajstić information content (AvgIpc) is 2.95. The highest BCUT2D eigenvalue weighted by Crippen LogP contribution is 2.32. The van der Waals surface area contributed by atoms with Gasteiger partial charge in [-0.3, -0.25) is 4.79 Å². The Kier molecular flexibility index (Phi) is 4.79. The Labute approximate surface area is 133 Å². The number of piperazine rings is 1. The Hall–Kier alpha value is -1.39. The third kappa shape index (κ3) is 3.18. The van der Waals surface area contributed by atoms with Gasteiger partial charge in [-0.05, 0) is 39.0 Å². The van der Waals surface area contributed by atoms with E-state index in [1.54, 1.807) is 0 Å². The molecule has 120 valence electrons. The number of rotatable bonds is 3. The molecule has 0 spiro atoms. The van der Waals surface area contributed by atoms with Gasteiger partial charge in [0.2, 0.25) is 5.91 Å². The third-order valence-corrected chi connectivity index (χ3v) is 5.20. The summed E-state index contributed by atoms with van der Waals surface area (Å²) in [5.41, 5.74) is 1.17. The molecule has 2 aliphatic heterocycles. The van der Waals surface area contributed by atoms with Gasteiger partial charge in [-0.1, -0.05) is 30.3 Å². The summed E-state index contributed by atoms with van der Waals surface area (Å²) in [4.78, 5) is 20.0. The van der Waals surface area contributed by atoms with E-state index in [0.717, 1.165) is 39.1 Å². The largest absolute Gasteiger partial charge is 0.340 e. The fourth-order valence-corrected chi connectivity index (χ4v) is 3.77. The van der Waals surface area contributed by atoms with Crippen LogP contribution in [-0.2, 0) is 4.79 Å². The number of likely N-dealkylation sites (N-methyl/N-ethyl adjacent to an activating group) is 2. The summed E-state index contributed by atoms with van der Waals surface area (Å²) in [6.45, 7) is 4.77. The van der Waals surface area contributed by atoms with Gasteiger partial charge in [0.15, 0.2) is 0 Å². The predicted octanol–water partition coefficient (Wildman–Crippen LogP) is 1.64. The Bertz CT molecular complexity index is 496. The van der Waals surface area contributed by atoms with Crippen LogP contribution in [0.5, 0.6) is 0 Å². The molecule has 0 radical (unpaired) electrons. The molecule has 0 bridgehead atoms. The number of benzene rings is 1. The molecule has 2 atom stereocenters. The van der Waals surface area contributed by atoms with Crippen LogP contribution in [0, 0.1) is 0 Å². The normalized spacial score (nSPS) is 25.4. The zero-order valence-corrected chi connectivity index (χ0v) is 13.7. The number of amides is 1. The molecule has 22 heavy (non-hydrogen) atoms. The molecule has 2 aliphatic rings. The lowest BCUT2D eigenvalue weighted by atomic mass is 9.88. The molecule has 1 amide bonds. The highest BCUT2D eigenvalue weighted by molar-refractivity contribution is 5.84. The first kappa shape index (κ1) is 15.5. The van der Waals surface area contributed by atoms with Crippen LogP contribution in [-0.4, -0.2) is 73.5 Å². The first-order chi connectivity index (χ1) is 10.7. The van der Waals surface area contributed by atoms with Crippen molar-refractivity contribution in [3.63, 3.8) is 0 Å². The van der Waals surface area contributed by atoms with Gasteiger partial charge in [0.1, 0.15) is 0 Å². The van der Waals surface area contributed by atoms with Crippen LogP contribution in [0.1, 0.15) is 24.3 Å². The highest BCUT2D eigenvalue weighted by Gasteiger charge is 2.37. The van der Waals surface area contributed by atoms with Gasteiger partial charge < -0.3 is 14.7 Å². The Morgan fingerprint density at radius 1 is 1.05 bits per heavy atom. The summed E-state index contributed by atoms with van der Waals surface area (Å²) in [5, 5.41) is 0. The first-order valence-electron chi connectivity index (χ1n) is 8.39. The SMILES string of the molecule is CN1CCN(C(=O)C(c2ccccc2)C2CCCN2C)CC1. The lowest BCUT2D eigenvalue weighted by molar-refractivity contribution is -0.135. The van der Waals surface area contributed by atoms with Gasteiger partial charge in [-0.2, -0.15) is 0 Å². The van der Waals surface area contributed by atoms with Crippen LogP contribution in [0.25, 0.3) is 0 Å². The molecule has 2 unspecified atom stereocenters. The van der Waals surface area contributed by atoms with E-state index in [1.165, 1.54) is 12.0 Å². The molecule has 4 heteroatoms. The minimum Gasteiger partial charge on any atom is -0.340 e. The Balaban J connectivity index is 1.83. The molecule has 0 saturated carbocycles. The molecule has 1 aromatic rings. The maximum Gasteiger partial charge on any atom is 0.231 e. The smallest absolute Gasteiger partial charge is 0.231 e. The topological polar surface area (TPSA) is 26.8 Å². The van der Waals surface area contributed by atoms with Crippen molar-refractivity contribution in [3.8, 4) is 0 Å². The van der Waals surface area contributed by atoms with E-state index in [4.69, 9.17) is 0 Å². The summed E-state index contributed by atoms with van der Waals surface area (Å²) < 4.78 is 0. The fourth-order valence-electron chi connectivity index (χ4n) is 3.77. The second kappa shape index (κ2) is 6.80. The fraction of sp³-hybridized carbons (Fsp3) is 0.611. The number of hydrogen-bond donors (Lipinski definition) is 0. The first-order valence-corrected chi connectivity index (χ1v) is 8.39. The zero-order valence-electron chi connectivity index (χ0n) is 13.7. The van der Waals surface area contributed by atoms with Gasteiger partial charge in [-0.25, -0.2) is 0 Å². The van der Waals surface area contributed by atoms with Crippen molar-refractivity contribution < 1.29 is 4.79 Å². The maximum atomic E-state index is 13.2. The third-order valence-electron chi connectivity index (χ3n) is 5.20. The standard InChI is InChI=1S/C18H27N3O/c1-19-11-13-21(14-12-19)18(22)17(15-7-4-3-5-8-15)16-9-6-10-20(16)2/h3-5,7-8,16-17H,6,9-14H2,1-2H3. The zero-order chi connectivity index (χ0) is 15.5. The van der Waals surface area contributed by atoms with Crippen molar-refractivity contribution in [2.75, 3.05) is 46.8 Å². The molecule has 2 saturated heterocycles. The van der Waals surface area contributed by atoms with Crippen molar-refractivity contribution in [3.05, 3.63) is 35.9 Å². The van der Waals surface area contributed by atoms with E-state index < -0.39 is 0 Å². The van der Waals surface area contributed by atoms with E-state index >= 15 is 0 Å². The van der Waals surface area contributed by atoms with E-state index in [-0.39, 0.29) is 5.92 Å². The van der Waals surface area contributed by atoms with E-state index in [1.807, 2.05) is 6.07 Å². The Morgan fingerprint density at radius 3 is 2.32 bits per heavy atom. The average molecular weight is 301 g/mol. The molecule has 2 fully saturated rings. The second-order valence-electron chi connectivity index (χ2n) is 6.71. The molecule has 1 aromatic carbocycles. The van der Waals surface area contributed by atoms with Crippen LogP contribution in [0.2, 0.25) is 0 Å². The van der Waals surface area contributed by atoms with Gasteiger partial charge in [-0.15, -0.1) is 0 Å². The number of hydrogen-bond acceptors (Lipinski definition) is 3. The second-order valence-corrected chi connectivity index (χ2v) is 6.71. The number of carbonyl (C=O) groups excluding carboxylic acids is 1. The minimum absolute atomic E-state index is 0.0166. The van der Waals surface area contributed by atoms with Gasteiger partial charge >= 0.3 is 0 Å². The van der Waals surface area contributed by atoms with Gasteiger partial charge in [0, 0.05) is 32.2 Å². The maximum absolute atomic E-state index is 13.2. The van der Waals surface area contributed by atoms with Crippen molar-refractivity contribution in [2.45, 2.75) is 24.8 Å². The van der Waals surface area contributed by atoms with Crippen molar-refractivity contribution in [1.29, 1.82) is 0 Å². The van der Waals surface area contributed by atoms with Crippen molar-refractivity contribution >= 4 is 5.91 Å². The Morgan fingerprint density at radius 2 is 1.73 bits per heavy atom. The number of nitrogens with zero attached hydrogens (tertiary/aromatic N) is 3. The van der Waals surface area contributed by atoms with Crippen LogP contribution in [0.4, 0.5) is 0 Å². The highest BCUT2D eigenvalue weighted by atomic mass is 16.2. The molecule has 0 aromatic heterocycles. The summed E-state index contributed by atoms with van der Waals surface area (Å²) in [5.74, 6) is 0.301.